The Labute approximate surface area is 102 Å². The molecule has 0 saturated heterocycles. The molecule has 0 radical (unpaired) electrons. The Kier molecular flexibility index (Phi) is 4.96. The van der Waals surface area contributed by atoms with Crippen molar-refractivity contribution in [2.45, 2.75) is 26.3 Å². The summed E-state index contributed by atoms with van der Waals surface area (Å²) in [6.07, 6.45) is 2.53. The molecule has 0 aliphatic carbocycles. The van der Waals surface area contributed by atoms with Crippen molar-refractivity contribution in [3.05, 3.63) is 11.9 Å². The predicted octanol–water partition coefficient (Wildman–Crippen LogP) is 0.452. The van der Waals surface area contributed by atoms with Crippen molar-refractivity contribution in [3.63, 3.8) is 0 Å². The molecule has 1 rings (SSSR count). The lowest BCUT2D eigenvalue weighted by Crippen LogP contribution is -2.37. The van der Waals surface area contributed by atoms with Crippen molar-refractivity contribution < 1.29 is 4.79 Å². The SMILES string of the molecule is CCC(C)N(C)CCNC(=O)c1[nH]ncc1N. The first-order valence-electron chi connectivity index (χ1n) is 5.83. The lowest BCUT2D eigenvalue weighted by Gasteiger charge is -2.23. The number of nitrogens with two attached hydrogens (primary N) is 1. The van der Waals surface area contributed by atoms with E-state index >= 15 is 0 Å². The predicted molar refractivity (Wildman–Crippen MR) is 67.7 cm³/mol. The summed E-state index contributed by atoms with van der Waals surface area (Å²) in [6, 6.07) is 0.518. The van der Waals surface area contributed by atoms with Gasteiger partial charge >= 0.3 is 0 Å². The lowest BCUT2D eigenvalue weighted by molar-refractivity contribution is 0.0943. The van der Waals surface area contributed by atoms with E-state index in [1.165, 1.54) is 6.20 Å². The third kappa shape index (κ3) is 3.74. The number of carbonyl (C=O) groups is 1. The van der Waals surface area contributed by atoms with Gasteiger partial charge in [0.15, 0.2) is 0 Å². The highest BCUT2D eigenvalue weighted by Gasteiger charge is 2.12. The molecule has 0 aromatic carbocycles. The summed E-state index contributed by atoms with van der Waals surface area (Å²) < 4.78 is 0. The molecule has 6 nitrogen and oxygen atoms in total. The number of carbonyl (C=O) groups excluding carboxylic acids is 1. The van der Waals surface area contributed by atoms with Gasteiger partial charge < -0.3 is 16.0 Å². The second-order valence-electron chi connectivity index (χ2n) is 4.19. The Morgan fingerprint density at radius 2 is 2.41 bits per heavy atom. The normalized spacial score (nSPS) is 12.7. The van der Waals surface area contributed by atoms with Crippen LogP contribution in [0.5, 0.6) is 0 Å². The second-order valence-corrected chi connectivity index (χ2v) is 4.19. The molecule has 1 atom stereocenters. The minimum Gasteiger partial charge on any atom is -0.396 e. The summed E-state index contributed by atoms with van der Waals surface area (Å²) in [6.45, 7) is 5.71. The van der Waals surface area contributed by atoms with E-state index in [1.807, 2.05) is 7.05 Å². The number of nitrogens with one attached hydrogen (secondary N) is 2. The van der Waals surface area contributed by atoms with Crippen LogP contribution in [0.1, 0.15) is 30.8 Å². The molecule has 1 aromatic rings. The molecule has 1 aromatic heterocycles. The zero-order chi connectivity index (χ0) is 12.8. The number of nitrogens with zero attached hydrogens (tertiary/aromatic N) is 2. The number of hydrogen-bond donors (Lipinski definition) is 3. The first-order valence-corrected chi connectivity index (χ1v) is 5.83. The zero-order valence-electron chi connectivity index (χ0n) is 10.7. The van der Waals surface area contributed by atoms with E-state index in [0.29, 0.717) is 24.0 Å². The van der Waals surface area contributed by atoms with Gasteiger partial charge in [0, 0.05) is 19.1 Å². The number of rotatable bonds is 6. The van der Waals surface area contributed by atoms with Gasteiger partial charge in [0.1, 0.15) is 5.69 Å². The third-order valence-electron chi connectivity index (χ3n) is 2.99. The largest absolute Gasteiger partial charge is 0.396 e. The minimum atomic E-state index is -0.211. The van der Waals surface area contributed by atoms with E-state index in [1.54, 1.807) is 0 Å². The Morgan fingerprint density at radius 3 is 2.94 bits per heavy atom. The maximum Gasteiger partial charge on any atom is 0.271 e. The van der Waals surface area contributed by atoms with Crippen molar-refractivity contribution in [3.8, 4) is 0 Å². The Morgan fingerprint density at radius 1 is 1.71 bits per heavy atom. The van der Waals surface area contributed by atoms with Crippen molar-refractivity contribution in [1.82, 2.24) is 20.4 Å². The summed E-state index contributed by atoms with van der Waals surface area (Å²) in [7, 11) is 2.05. The van der Waals surface area contributed by atoms with Crippen molar-refractivity contribution in [2.24, 2.45) is 0 Å². The third-order valence-corrected chi connectivity index (χ3v) is 2.99. The fourth-order valence-electron chi connectivity index (χ4n) is 1.44. The Hall–Kier alpha value is -1.56. The zero-order valence-corrected chi connectivity index (χ0v) is 10.7. The first-order chi connectivity index (χ1) is 8.06. The van der Waals surface area contributed by atoms with Gasteiger partial charge in [-0.1, -0.05) is 6.92 Å². The highest BCUT2D eigenvalue weighted by Crippen LogP contribution is 2.05. The maximum atomic E-state index is 11.7. The van der Waals surface area contributed by atoms with Crippen molar-refractivity contribution in [2.75, 3.05) is 25.9 Å². The highest BCUT2D eigenvalue weighted by molar-refractivity contribution is 5.96. The van der Waals surface area contributed by atoms with Gasteiger partial charge in [-0.25, -0.2) is 0 Å². The molecular formula is C11H21N5O. The van der Waals surface area contributed by atoms with Crippen LogP contribution in [0.25, 0.3) is 0 Å². The van der Waals surface area contributed by atoms with Crippen LogP contribution in [0, 0.1) is 0 Å². The van der Waals surface area contributed by atoms with E-state index in [9.17, 15) is 4.79 Å². The van der Waals surface area contributed by atoms with Crippen LogP contribution in [-0.2, 0) is 0 Å². The molecule has 0 aliphatic heterocycles. The summed E-state index contributed by atoms with van der Waals surface area (Å²) in [5, 5.41) is 9.09. The number of aromatic amines is 1. The molecule has 1 heterocycles. The first kappa shape index (κ1) is 13.5. The fraction of sp³-hybridized carbons (Fsp3) is 0.636. The standard InChI is InChI=1S/C11H21N5O/c1-4-8(2)16(3)6-5-13-11(17)10-9(12)7-14-15-10/h7-8H,4-6,12H2,1-3H3,(H,13,17)(H,14,15). The van der Waals surface area contributed by atoms with Gasteiger partial charge in [0.05, 0.1) is 11.9 Å². The number of aromatic nitrogens is 2. The molecule has 0 aliphatic rings. The van der Waals surface area contributed by atoms with E-state index in [4.69, 9.17) is 5.73 Å². The van der Waals surface area contributed by atoms with Crippen LogP contribution in [-0.4, -0.2) is 47.2 Å². The van der Waals surface area contributed by atoms with Gasteiger partial charge in [-0.05, 0) is 20.4 Å². The molecule has 0 spiro atoms. The number of amides is 1. The molecule has 0 bridgehead atoms. The summed E-state index contributed by atoms with van der Waals surface area (Å²) in [5.74, 6) is -0.211. The summed E-state index contributed by atoms with van der Waals surface area (Å²) in [5.41, 5.74) is 6.28. The Balaban J connectivity index is 2.32. The van der Waals surface area contributed by atoms with E-state index in [-0.39, 0.29) is 5.91 Å². The molecule has 17 heavy (non-hydrogen) atoms. The molecule has 6 heteroatoms. The van der Waals surface area contributed by atoms with Gasteiger partial charge in [0.25, 0.3) is 5.91 Å². The lowest BCUT2D eigenvalue weighted by atomic mass is 10.2. The maximum absolute atomic E-state index is 11.7. The monoisotopic (exact) mass is 239 g/mol. The van der Waals surface area contributed by atoms with Crippen LogP contribution in [0.15, 0.2) is 6.20 Å². The highest BCUT2D eigenvalue weighted by atomic mass is 16.1. The number of likely N-dealkylation sites (N-methyl/N-ethyl adjacent to an activating group) is 1. The van der Waals surface area contributed by atoms with Gasteiger partial charge in [-0.3, -0.25) is 9.89 Å². The number of nitrogen functional groups attached to an aromatic ring is 1. The summed E-state index contributed by atoms with van der Waals surface area (Å²) >= 11 is 0. The quantitative estimate of drug-likeness (QED) is 0.672. The second kappa shape index (κ2) is 6.24. The van der Waals surface area contributed by atoms with Crippen LogP contribution in [0.4, 0.5) is 5.69 Å². The smallest absolute Gasteiger partial charge is 0.271 e. The van der Waals surface area contributed by atoms with Gasteiger partial charge in [-0.2, -0.15) is 5.10 Å². The van der Waals surface area contributed by atoms with Crippen molar-refractivity contribution >= 4 is 11.6 Å². The number of anilines is 1. The molecule has 4 N–H and O–H groups in total. The Bertz CT molecular complexity index is 362. The van der Waals surface area contributed by atoms with E-state index < -0.39 is 0 Å². The molecular weight excluding hydrogens is 218 g/mol. The average Bonchev–Trinajstić information content (AvgIpc) is 2.74. The van der Waals surface area contributed by atoms with Crippen LogP contribution in [0.3, 0.4) is 0 Å². The van der Waals surface area contributed by atoms with Crippen molar-refractivity contribution in [1.29, 1.82) is 0 Å². The van der Waals surface area contributed by atoms with Gasteiger partial charge in [0.2, 0.25) is 0 Å². The van der Waals surface area contributed by atoms with Crippen LogP contribution >= 0.6 is 0 Å². The van der Waals surface area contributed by atoms with Gasteiger partial charge in [-0.15, -0.1) is 0 Å². The molecule has 0 saturated carbocycles. The van der Waals surface area contributed by atoms with E-state index in [0.717, 1.165) is 13.0 Å². The minimum absolute atomic E-state index is 0.211. The molecule has 1 unspecified atom stereocenters. The van der Waals surface area contributed by atoms with Crippen LogP contribution < -0.4 is 11.1 Å². The fourth-order valence-corrected chi connectivity index (χ4v) is 1.44. The molecule has 0 fully saturated rings. The van der Waals surface area contributed by atoms with E-state index in [2.05, 4.69) is 34.3 Å². The summed E-state index contributed by atoms with van der Waals surface area (Å²) in [4.78, 5) is 13.9. The number of H-pyrrole nitrogens is 1. The molecule has 96 valence electrons. The topological polar surface area (TPSA) is 87.0 Å². The average molecular weight is 239 g/mol. The number of hydrogen-bond acceptors (Lipinski definition) is 4. The molecule has 1 amide bonds. The van der Waals surface area contributed by atoms with Crippen LogP contribution in [0.2, 0.25) is 0 Å².